The minimum Gasteiger partial charge on any atom is -0.384 e. The summed E-state index contributed by atoms with van der Waals surface area (Å²) in [6, 6.07) is 1.99. The van der Waals surface area contributed by atoms with Gasteiger partial charge in [0.2, 0.25) is 0 Å². The standard InChI is InChI=1S/C8H9F2N3/c9-6-1-4(8(12)13)2-7(10)5(6)3-11/h1-2H,3,11H2,(H3,12,13). The second-order valence-electron chi connectivity index (χ2n) is 2.54. The van der Waals surface area contributed by atoms with Crippen LogP contribution in [0.1, 0.15) is 11.1 Å². The average Bonchev–Trinajstić information content (AvgIpc) is 2.03. The molecule has 1 aromatic rings. The summed E-state index contributed by atoms with van der Waals surface area (Å²) in [6.45, 7) is -0.212. The lowest BCUT2D eigenvalue weighted by Gasteiger charge is -2.04. The van der Waals surface area contributed by atoms with E-state index in [1.807, 2.05) is 0 Å². The second-order valence-corrected chi connectivity index (χ2v) is 2.54. The Balaban J connectivity index is 3.28. The molecule has 5 heteroatoms. The van der Waals surface area contributed by atoms with Gasteiger partial charge in [-0.1, -0.05) is 0 Å². The fourth-order valence-electron chi connectivity index (χ4n) is 0.954. The summed E-state index contributed by atoms with van der Waals surface area (Å²) >= 11 is 0. The molecule has 1 rings (SSSR count). The van der Waals surface area contributed by atoms with Crippen LogP contribution in [0.2, 0.25) is 0 Å². The zero-order chi connectivity index (χ0) is 10.0. The van der Waals surface area contributed by atoms with Gasteiger partial charge in [-0.2, -0.15) is 0 Å². The van der Waals surface area contributed by atoms with Crippen LogP contribution in [-0.4, -0.2) is 5.84 Å². The van der Waals surface area contributed by atoms with Crippen molar-refractivity contribution in [2.45, 2.75) is 6.54 Å². The number of halogens is 2. The molecule has 1 aromatic carbocycles. The van der Waals surface area contributed by atoms with Crippen LogP contribution in [0.25, 0.3) is 0 Å². The molecule has 0 fully saturated rings. The van der Waals surface area contributed by atoms with Gasteiger partial charge in [-0.25, -0.2) is 8.78 Å². The molecule has 0 saturated heterocycles. The lowest BCUT2D eigenvalue weighted by atomic mass is 10.1. The van der Waals surface area contributed by atoms with Crippen molar-refractivity contribution < 1.29 is 8.78 Å². The molecule has 0 aliphatic rings. The van der Waals surface area contributed by atoms with Crippen LogP contribution in [0.3, 0.4) is 0 Å². The Morgan fingerprint density at radius 3 is 2.08 bits per heavy atom. The number of nitrogens with one attached hydrogen (secondary N) is 1. The van der Waals surface area contributed by atoms with Gasteiger partial charge in [0.1, 0.15) is 17.5 Å². The van der Waals surface area contributed by atoms with Crippen LogP contribution in [0.15, 0.2) is 12.1 Å². The third-order valence-electron chi connectivity index (χ3n) is 1.66. The van der Waals surface area contributed by atoms with Gasteiger partial charge in [0, 0.05) is 17.7 Å². The summed E-state index contributed by atoms with van der Waals surface area (Å²) in [6.07, 6.45) is 0. The average molecular weight is 185 g/mol. The van der Waals surface area contributed by atoms with Gasteiger partial charge in [0.15, 0.2) is 0 Å². The molecule has 0 unspecified atom stereocenters. The molecular weight excluding hydrogens is 176 g/mol. The van der Waals surface area contributed by atoms with Crippen molar-refractivity contribution in [3.63, 3.8) is 0 Å². The first kappa shape index (κ1) is 9.60. The van der Waals surface area contributed by atoms with E-state index in [9.17, 15) is 8.78 Å². The van der Waals surface area contributed by atoms with Gasteiger partial charge >= 0.3 is 0 Å². The van der Waals surface area contributed by atoms with Gasteiger partial charge in [-0.3, -0.25) is 5.41 Å². The van der Waals surface area contributed by atoms with E-state index in [4.69, 9.17) is 16.9 Å². The predicted octanol–water partition coefficient (Wildman–Crippen LogP) is 0.708. The first-order valence-corrected chi connectivity index (χ1v) is 3.58. The van der Waals surface area contributed by atoms with E-state index < -0.39 is 11.6 Å². The fourth-order valence-corrected chi connectivity index (χ4v) is 0.954. The molecule has 5 N–H and O–H groups in total. The van der Waals surface area contributed by atoms with Gasteiger partial charge in [0.05, 0.1) is 0 Å². The molecule has 0 heterocycles. The Morgan fingerprint density at radius 1 is 1.31 bits per heavy atom. The highest BCUT2D eigenvalue weighted by molar-refractivity contribution is 5.94. The summed E-state index contributed by atoms with van der Waals surface area (Å²) in [4.78, 5) is 0. The molecule has 0 atom stereocenters. The smallest absolute Gasteiger partial charge is 0.131 e. The lowest BCUT2D eigenvalue weighted by molar-refractivity contribution is 0.556. The van der Waals surface area contributed by atoms with Crippen LogP contribution >= 0.6 is 0 Å². The Morgan fingerprint density at radius 2 is 1.77 bits per heavy atom. The van der Waals surface area contributed by atoms with Crippen molar-refractivity contribution in [1.29, 1.82) is 5.41 Å². The van der Waals surface area contributed by atoms with E-state index in [2.05, 4.69) is 0 Å². The summed E-state index contributed by atoms with van der Waals surface area (Å²) < 4.78 is 26.0. The number of nitrogens with two attached hydrogens (primary N) is 2. The van der Waals surface area contributed by atoms with E-state index in [1.165, 1.54) is 0 Å². The Labute approximate surface area is 73.9 Å². The van der Waals surface area contributed by atoms with Gasteiger partial charge in [0.25, 0.3) is 0 Å². The highest BCUT2D eigenvalue weighted by atomic mass is 19.1. The maximum absolute atomic E-state index is 13.0. The Bertz CT molecular complexity index is 326. The highest BCUT2D eigenvalue weighted by Gasteiger charge is 2.10. The number of nitrogen functional groups attached to an aromatic ring is 1. The fraction of sp³-hybridized carbons (Fsp3) is 0.125. The molecule has 70 valence electrons. The molecule has 0 aromatic heterocycles. The number of rotatable bonds is 2. The van der Waals surface area contributed by atoms with Crippen LogP contribution in [0.4, 0.5) is 8.78 Å². The summed E-state index contributed by atoms with van der Waals surface area (Å²) in [5, 5.41) is 6.97. The maximum Gasteiger partial charge on any atom is 0.131 e. The van der Waals surface area contributed by atoms with Crippen molar-refractivity contribution >= 4 is 5.84 Å². The van der Waals surface area contributed by atoms with E-state index in [1.54, 1.807) is 0 Å². The summed E-state index contributed by atoms with van der Waals surface area (Å²) in [5.41, 5.74) is 10.0. The summed E-state index contributed by atoms with van der Waals surface area (Å²) in [5.74, 6) is -1.92. The minimum absolute atomic E-state index is 0.0206. The van der Waals surface area contributed by atoms with Crippen LogP contribution in [-0.2, 0) is 6.54 Å². The number of hydrogen-bond donors (Lipinski definition) is 3. The van der Waals surface area contributed by atoms with E-state index in [-0.39, 0.29) is 23.5 Å². The molecule has 0 aliphatic heterocycles. The predicted molar refractivity (Wildman–Crippen MR) is 45.3 cm³/mol. The topological polar surface area (TPSA) is 75.9 Å². The minimum atomic E-state index is -0.771. The second kappa shape index (κ2) is 3.49. The molecule has 0 radical (unpaired) electrons. The molecule has 0 bridgehead atoms. The molecule has 0 spiro atoms. The Kier molecular flexibility index (Phi) is 2.57. The van der Waals surface area contributed by atoms with Crippen molar-refractivity contribution in [2.75, 3.05) is 0 Å². The first-order valence-electron chi connectivity index (χ1n) is 3.58. The zero-order valence-corrected chi connectivity index (χ0v) is 6.77. The quantitative estimate of drug-likeness (QED) is 0.468. The van der Waals surface area contributed by atoms with E-state index in [0.29, 0.717) is 0 Å². The van der Waals surface area contributed by atoms with Gasteiger partial charge in [-0.15, -0.1) is 0 Å². The molecule has 0 aliphatic carbocycles. The molecular formula is C8H9F2N3. The molecule has 0 amide bonds. The van der Waals surface area contributed by atoms with Gasteiger partial charge in [-0.05, 0) is 12.1 Å². The Hall–Kier alpha value is -1.49. The first-order chi connectivity index (χ1) is 6.06. The third kappa shape index (κ3) is 1.81. The van der Waals surface area contributed by atoms with Crippen molar-refractivity contribution in [1.82, 2.24) is 0 Å². The highest BCUT2D eigenvalue weighted by Crippen LogP contribution is 2.14. The van der Waals surface area contributed by atoms with Crippen molar-refractivity contribution in [3.05, 3.63) is 34.9 Å². The maximum atomic E-state index is 13.0. The third-order valence-corrected chi connectivity index (χ3v) is 1.66. The van der Waals surface area contributed by atoms with E-state index >= 15 is 0 Å². The van der Waals surface area contributed by atoms with E-state index in [0.717, 1.165) is 12.1 Å². The molecule has 0 saturated carbocycles. The zero-order valence-electron chi connectivity index (χ0n) is 6.77. The molecule has 3 nitrogen and oxygen atoms in total. The van der Waals surface area contributed by atoms with Crippen LogP contribution < -0.4 is 11.5 Å². The summed E-state index contributed by atoms with van der Waals surface area (Å²) in [7, 11) is 0. The number of amidine groups is 1. The largest absolute Gasteiger partial charge is 0.384 e. The lowest BCUT2D eigenvalue weighted by Crippen LogP contribution is -2.13. The van der Waals surface area contributed by atoms with Crippen LogP contribution in [0.5, 0.6) is 0 Å². The SMILES string of the molecule is N=C(N)c1cc(F)c(CN)c(F)c1. The van der Waals surface area contributed by atoms with Crippen molar-refractivity contribution in [2.24, 2.45) is 11.5 Å². The van der Waals surface area contributed by atoms with Gasteiger partial charge < -0.3 is 11.5 Å². The number of hydrogen-bond acceptors (Lipinski definition) is 2. The molecule has 13 heavy (non-hydrogen) atoms. The normalized spacial score (nSPS) is 10.1. The monoisotopic (exact) mass is 185 g/mol. The van der Waals surface area contributed by atoms with Crippen molar-refractivity contribution in [3.8, 4) is 0 Å². The van der Waals surface area contributed by atoms with Crippen LogP contribution in [0, 0.1) is 17.0 Å². The number of benzene rings is 1.